The Bertz CT molecular complexity index is 238. The van der Waals surface area contributed by atoms with E-state index in [1.165, 1.54) is 0 Å². The summed E-state index contributed by atoms with van der Waals surface area (Å²) in [5, 5.41) is 10.9. The number of piperidine rings is 1. The van der Waals surface area contributed by atoms with Crippen molar-refractivity contribution in [2.24, 2.45) is 5.92 Å². The van der Waals surface area contributed by atoms with Gasteiger partial charge in [-0.15, -0.1) is 0 Å². The number of nitrogens with zero attached hydrogens (tertiary/aromatic N) is 1. The normalized spacial score (nSPS) is 22.9. The van der Waals surface area contributed by atoms with Crippen LogP contribution in [0, 0.1) is 5.92 Å². The lowest BCUT2D eigenvalue weighted by Crippen LogP contribution is -2.49. The zero-order valence-electron chi connectivity index (χ0n) is 10.3. The fourth-order valence-electron chi connectivity index (χ4n) is 1.75. The first-order valence-corrected chi connectivity index (χ1v) is 5.76. The first kappa shape index (κ1) is 13.3. The topological polar surface area (TPSA) is 61.8 Å². The van der Waals surface area contributed by atoms with Gasteiger partial charge in [-0.2, -0.15) is 0 Å². The van der Waals surface area contributed by atoms with E-state index in [4.69, 9.17) is 9.84 Å². The SMILES string of the molecule is CC(C)(C)OC(=O)NN1CCCC(CO)C1. The number of hydrogen-bond donors (Lipinski definition) is 2. The molecule has 1 heterocycles. The summed E-state index contributed by atoms with van der Waals surface area (Å²) >= 11 is 0. The van der Waals surface area contributed by atoms with Gasteiger partial charge in [-0.3, -0.25) is 5.43 Å². The molecular formula is C11H22N2O3. The van der Waals surface area contributed by atoms with Gasteiger partial charge in [0.1, 0.15) is 5.60 Å². The number of hydrazine groups is 1. The lowest BCUT2D eigenvalue weighted by molar-refractivity contribution is 0.0204. The van der Waals surface area contributed by atoms with Crippen molar-refractivity contribution >= 4 is 6.09 Å². The molecule has 1 unspecified atom stereocenters. The molecule has 5 nitrogen and oxygen atoms in total. The number of carbonyl (C=O) groups is 1. The first-order chi connectivity index (χ1) is 7.40. The summed E-state index contributed by atoms with van der Waals surface area (Å²) in [5.74, 6) is 0.253. The third kappa shape index (κ3) is 4.81. The molecule has 94 valence electrons. The number of nitrogens with one attached hydrogen (secondary N) is 1. The summed E-state index contributed by atoms with van der Waals surface area (Å²) in [7, 11) is 0. The smallest absolute Gasteiger partial charge is 0.422 e. The van der Waals surface area contributed by atoms with Crippen LogP contribution in [0.4, 0.5) is 4.79 Å². The van der Waals surface area contributed by atoms with Crippen LogP contribution in [0.5, 0.6) is 0 Å². The standard InChI is InChI=1S/C11H22N2O3/c1-11(2,3)16-10(15)12-13-6-4-5-9(7-13)8-14/h9,14H,4-8H2,1-3H3,(H,12,15). The fourth-order valence-corrected chi connectivity index (χ4v) is 1.75. The van der Waals surface area contributed by atoms with Crippen LogP contribution in [-0.2, 0) is 4.74 Å². The molecule has 1 atom stereocenters. The summed E-state index contributed by atoms with van der Waals surface area (Å²) in [6.07, 6.45) is 1.58. The van der Waals surface area contributed by atoms with E-state index in [0.717, 1.165) is 19.4 Å². The van der Waals surface area contributed by atoms with E-state index in [1.807, 2.05) is 25.8 Å². The highest BCUT2D eigenvalue weighted by Crippen LogP contribution is 2.14. The number of ether oxygens (including phenoxy) is 1. The van der Waals surface area contributed by atoms with Gasteiger partial charge in [0.05, 0.1) is 0 Å². The number of aliphatic hydroxyl groups is 1. The minimum Gasteiger partial charge on any atom is -0.443 e. The molecule has 0 aliphatic carbocycles. The summed E-state index contributed by atoms with van der Waals surface area (Å²) in [6, 6.07) is 0. The van der Waals surface area contributed by atoms with Gasteiger partial charge < -0.3 is 9.84 Å². The summed E-state index contributed by atoms with van der Waals surface area (Å²) < 4.78 is 5.16. The molecule has 1 rings (SSSR count). The molecule has 1 saturated heterocycles. The largest absolute Gasteiger partial charge is 0.443 e. The molecule has 5 heteroatoms. The van der Waals surface area contributed by atoms with Gasteiger partial charge in [0.2, 0.25) is 0 Å². The van der Waals surface area contributed by atoms with E-state index in [2.05, 4.69) is 5.43 Å². The number of rotatable bonds is 2. The molecule has 16 heavy (non-hydrogen) atoms. The van der Waals surface area contributed by atoms with Crippen molar-refractivity contribution in [3.63, 3.8) is 0 Å². The number of aliphatic hydroxyl groups excluding tert-OH is 1. The molecule has 2 N–H and O–H groups in total. The second kappa shape index (κ2) is 5.50. The molecule has 1 aliphatic heterocycles. The average molecular weight is 230 g/mol. The number of carbonyl (C=O) groups excluding carboxylic acids is 1. The maximum atomic E-state index is 11.5. The average Bonchev–Trinajstić information content (AvgIpc) is 2.15. The lowest BCUT2D eigenvalue weighted by Gasteiger charge is -2.32. The Balaban J connectivity index is 2.33. The molecule has 0 aromatic carbocycles. The van der Waals surface area contributed by atoms with Gasteiger partial charge in [-0.05, 0) is 39.5 Å². The highest BCUT2D eigenvalue weighted by atomic mass is 16.6. The summed E-state index contributed by atoms with van der Waals surface area (Å²) in [6.45, 7) is 7.18. The molecule has 1 amide bonds. The van der Waals surface area contributed by atoms with E-state index in [-0.39, 0.29) is 12.5 Å². The maximum absolute atomic E-state index is 11.5. The predicted molar refractivity (Wildman–Crippen MR) is 60.8 cm³/mol. The predicted octanol–water partition coefficient (Wildman–Crippen LogP) is 1.13. The van der Waals surface area contributed by atoms with Crippen LogP contribution < -0.4 is 5.43 Å². The summed E-state index contributed by atoms with van der Waals surface area (Å²) in [4.78, 5) is 11.5. The Morgan fingerprint density at radius 1 is 1.56 bits per heavy atom. The van der Waals surface area contributed by atoms with Crippen LogP contribution in [0.1, 0.15) is 33.6 Å². The van der Waals surface area contributed by atoms with Crippen molar-refractivity contribution in [1.29, 1.82) is 0 Å². The second-order valence-corrected chi connectivity index (χ2v) is 5.25. The van der Waals surface area contributed by atoms with Crippen LogP contribution in [0.25, 0.3) is 0 Å². The molecule has 0 aromatic heterocycles. The van der Waals surface area contributed by atoms with Crippen molar-refractivity contribution in [3.05, 3.63) is 0 Å². The Labute approximate surface area is 96.7 Å². The number of hydrogen-bond acceptors (Lipinski definition) is 4. The van der Waals surface area contributed by atoms with E-state index in [1.54, 1.807) is 0 Å². The number of amides is 1. The monoisotopic (exact) mass is 230 g/mol. The van der Waals surface area contributed by atoms with Crippen LogP contribution >= 0.6 is 0 Å². The lowest BCUT2D eigenvalue weighted by atomic mass is 10.0. The van der Waals surface area contributed by atoms with Crippen LogP contribution in [0.15, 0.2) is 0 Å². The zero-order chi connectivity index (χ0) is 12.2. The maximum Gasteiger partial charge on any atom is 0.422 e. The molecule has 1 aliphatic rings. The molecular weight excluding hydrogens is 208 g/mol. The van der Waals surface area contributed by atoms with Gasteiger partial charge in [-0.25, -0.2) is 9.80 Å². The van der Waals surface area contributed by atoms with E-state index >= 15 is 0 Å². The van der Waals surface area contributed by atoms with Gasteiger partial charge in [0.15, 0.2) is 0 Å². The highest BCUT2D eigenvalue weighted by Gasteiger charge is 2.23. The Hall–Kier alpha value is -0.810. The van der Waals surface area contributed by atoms with Crippen molar-refractivity contribution in [2.75, 3.05) is 19.7 Å². The van der Waals surface area contributed by atoms with E-state index in [9.17, 15) is 4.79 Å². The third-order valence-electron chi connectivity index (χ3n) is 2.43. The minimum atomic E-state index is -0.476. The molecule has 0 aromatic rings. The molecule has 1 fully saturated rings. The van der Waals surface area contributed by atoms with E-state index in [0.29, 0.717) is 6.54 Å². The van der Waals surface area contributed by atoms with Crippen LogP contribution in [0.3, 0.4) is 0 Å². The Morgan fingerprint density at radius 3 is 2.81 bits per heavy atom. The summed E-state index contributed by atoms with van der Waals surface area (Å²) in [5.41, 5.74) is 2.22. The minimum absolute atomic E-state index is 0.173. The molecule has 0 saturated carbocycles. The van der Waals surface area contributed by atoms with Crippen molar-refractivity contribution in [2.45, 2.75) is 39.2 Å². The fraction of sp³-hybridized carbons (Fsp3) is 0.909. The second-order valence-electron chi connectivity index (χ2n) is 5.25. The van der Waals surface area contributed by atoms with Crippen LogP contribution in [-0.4, -0.2) is 41.5 Å². The molecule has 0 bridgehead atoms. The van der Waals surface area contributed by atoms with E-state index < -0.39 is 11.7 Å². The van der Waals surface area contributed by atoms with Crippen molar-refractivity contribution < 1.29 is 14.6 Å². The van der Waals surface area contributed by atoms with Crippen molar-refractivity contribution in [3.8, 4) is 0 Å². The Morgan fingerprint density at radius 2 is 2.25 bits per heavy atom. The van der Waals surface area contributed by atoms with Gasteiger partial charge in [0, 0.05) is 19.7 Å². The first-order valence-electron chi connectivity index (χ1n) is 5.76. The Kier molecular flexibility index (Phi) is 4.56. The van der Waals surface area contributed by atoms with Gasteiger partial charge in [0.25, 0.3) is 0 Å². The quantitative estimate of drug-likeness (QED) is 0.746. The molecule has 0 radical (unpaired) electrons. The van der Waals surface area contributed by atoms with Gasteiger partial charge >= 0.3 is 6.09 Å². The van der Waals surface area contributed by atoms with Gasteiger partial charge in [-0.1, -0.05) is 0 Å². The third-order valence-corrected chi connectivity index (χ3v) is 2.43. The zero-order valence-corrected chi connectivity index (χ0v) is 10.3. The van der Waals surface area contributed by atoms with Crippen molar-refractivity contribution in [1.82, 2.24) is 10.4 Å². The van der Waals surface area contributed by atoms with Crippen LogP contribution in [0.2, 0.25) is 0 Å². The molecule has 0 spiro atoms. The highest BCUT2D eigenvalue weighted by molar-refractivity contribution is 5.67.